The molecule has 0 saturated carbocycles. The van der Waals surface area contributed by atoms with Gasteiger partial charge in [0.25, 0.3) is 0 Å². The van der Waals surface area contributed by atoms with Crippen molar-refractivity contribution in [1.82, 2.24) is 9.78 Å². The van der Waals surface area contributed by atoms with Crippen molar-refractivity contribution >= 4 is 5.97 Å². The third-order valence-electron chi connectivity index (χ3n) is 3.87. The minimum absolute atomic E-state index is 0.232. The van der Waals surface area contributed by atoms with Crippen LogP contribution in [-0.4, -0.2) is 20.9 Å². The maximum atomic E-state index is 13.6. The molecule has 1 aromatic heterocycles. The molecule has 1 heterocycles. The minimum atomic E-state index is -0.961. The fourth-order valence-electron chi connectivity index (χ4n) is 2.71. The van der Waals surface area contributed by atoms with Gasteiger partial charge in [-0.3, -0.25) is 4.68 Å². The second-order valence-corrected chi connectivity index (χ2v) is 6.38. The molecule has 25 heavy (non-hydrogen) atoms. The molecular weight excluding hydrogens is 319 g/mol. The monoisotopic (exact) mass is 338 g/mol. The molecule has 3 aromatic rings. The third kappa shape index (κ3) is 3.76. The summed E-state index contributed by atoms with van der Waals surface area (Å²) in [7, 11) is 0. The lowest BCUT2D eigenvalue weighted by molar-refractivity contribution is 0.0697. The molecule has 1 N–H and O–H groups in total. The van der Waals surface area contributed by atoms with Gasteiger partial charge in [-0.15, -0.1) is 0 Å². The van der Waals surface area contributed by atoms with Gasteiger partial charge in [-0.2, -0.15) is 5.10 Å². The molecule has 4 nitrogen and oxygen atoms in total. The lowest BCUT2D eigenvalue weighted by Crippen LogP contribution is -2.07. The number of halogens is 1. The van der Waals surface area contributed by atoms with Crippen molar-refractivity contribution in [2.75, 3.05) is 0 Å². The lowest BCUT2D eigenvalue weighted by Gasteiger charge is -2.10. The van der Waals surface area contributed by atoms with Crippen LogP contribution in [0.1, 0.15) is 24.2 Å². The van der Waals surface area contributed by atoms with Gasteiger partial charge in [0.05, 0.1) is 17.0 Å². The summed E-state index contributed by atoms with van der Waals surface area (Å²) in [6.45, 7) is 4.90. The molecule has 0 aliphatic rings. The Balaban J connectivity index is 2.05. The average Bonchev–Trinajstić information content (AvgIpc) is 2.98. The zero-order valence-electron chi connectivity index (χ0n) is 14.1. The van der Waals surface area contributed by atoms with Gasteiger partial charge in [0, 0.05) is 17.7 Å². The summed E-state index contributed by atoms with van der Waals surface area (Å²) in [4.78, 5) is 11.0. The van der Waals surface area contributed by atoms with Gasteiger partial charge in [-0.05, 0) is 36.2 Å². The Bertz CT molecular complexity index is 898. The maximum absolute atomic E-state index is 13.6. The third-order valence-corrected chi connectivity index (χ3v) is 3.87. The molecule has 0 spiro atoms. The highest BCUT2D eigenvalue weighted by Crippen LogP contribution is 2.27. The Kier molecular flexibility index (Phi) is 4.65. The molecule has 0 atom stereocenters. The van der Waals surface area contributed by atoms with Gasteiger partial charge in [0.1, 0.15) is 5.82 Å². The Hall–Kier alpha value is -2.95. The number of nitrogens with zero attached hydrogens (tertiary/aromatic N) is 2. The highest BCUT2D eigenvalue weighted by Gasteiger charge is 2.13. The first-order valence-electron chi connectivity index (χ1n) is 8.11. The summed E-state index contributed by atoms with van der Waals surface area (Å²) in [5.74, 6) is -0.867. The van der Waals surface area contributed by atoms with Gasteiger partial charge in [0.15, 0.2) is 0 Å². The summed E-state index contributed by atoms with van der Waals surface area (Å²) < 4.78 is 15.5. The largest absolute Gasteiger partial charge is 0.478 e. The predicted molar refractivity (Wildman–Crippen MR) is 94.9 cm³/mol. The van der Waals surface area contributed by atoms with E-state index in [2.05, 4.69) is 18.9 Å². The number of hydrogen-bond acceptors (Lipinski definition) is 2. The van der Waals surface area contributed by atoms with Crippen LogP contribution in [0.3, 0.4) is 0 Å². The first-order valence-corrected chi connectivity index (χ1v) is 8.11. The summed E-state index contributed by atoms with van der Waals surface area (Å²) in [5, 5.41) is 13.7. The van der Waals surface area contributed by atoms with E-state index in [9.17, 15) is 9.18 Å². The molecule has 0 aliphatic carbocycles. The van der Waals surface area contributed by atoms with Crippen LogP contribution in [0, 0.1) is 11.7 Å². The van der Waals surface area contributed by atoms with E-state index in [0.717, 1.165) is 22.5 Å². The van der Waals surface area contributed by atoms with E-state index in [4.69, 9.17) is 5.11 Å². The molecule has 0 amide bonds. The Morgan fingerprint density at radius 1 is 1.12 bits per heavy atom. The fourth-order valence-corrected chi connectivity index (χ4v) is 2.71. The highest BCUT2D eigenvalue weighted by atomic mass is 19.1. The van der Waals surface area contributed by atoms with Gasteiger partial charge in [0.2, 0.25) is 0 Å². The van der Waals surface area contributed by atoms with Crippen molar-refractivity contribution < 1.29 is 14.3 Å². The van der Waals surface area contributed by atoms with Crippen LogP contribution < -0.4 is 0 Å². The van der Waals surface area contributed by atoms with E-state index in [0.29, 0.717) is 12.5 Å². The van der Waals surface area contributed by atoms with Crippen molar-refractivity contribution in [3.05, 3.63) is 66.0 Å². The van der Waals surface area contributed by atoms with Crippen LogP contribution >= 0.6 is 0 Å². The molecule has 0 saturated heterocycles. The summed E-state index contributed by atoms with van der Waals surface area (Å²) in [6, 6.07) is 14.9. The van der Waals surface area contributed by atoms with Gasteiger partial charge < -0.3 is 5.11 Å². The smallest absolute Gasteiger partial charge is 0.335 e. The minimum Gasteiger partial charge on any atom is -0.478 e. The second kappa shape index (κ2) is 6.89. The van der Waals surface area contributed by atoms with Gasteiger partial charge in [-0.1, -0.05) is 38.1 Å². The second-order valence-electron chi connectivity index (χ2n) is 6.38. The van der Waals surface area contributed by atoms with E-state index in [1.807, 2.05) is 16.8 Å². The van der Waals surface area contributed by atoms with Crippen molar-refractivity contribution in [2.24, 2.45) is 5.92 Å². The number of carbonyl (C=O) groups is 1. The molecule has 0 bridgehead atoms. The molecule has 3 rings (SSSR count). The number of hydrogen-bond donors (Lipinski definition) is 1. The normalized spacial score (nSPS) is 11.0. The Labute approximate surface area is 145 Å². The molecular formula is C20H19FN2O2. The first-order chi connectivity index (χ1) is 11.9. The predicted octanol–water partition coefficient (Wildman–Crippen LogP) is 4.71. The molecule has 0 radical (unpaired) electrons. The quantitative estimate of drug-likeness (QED) is 0.733. The van der Waals surface area contributed by atoms with Crippen LogP contribution in [0.5, 0.6) is 0 Å². The van der Waals surface area contributed by atoms with E-state index < -0.39 is 5.97 Å². The maximum Gasteiger partial charge on any atom is 0.335 e. The van der Waals surface area contributed by atoms with Crippen LogP contribution in [0.4, 0.5) is 4.39 Å². The highest BCUT2D eigenvalue weighted by molar-refractivity contribution is 5.88. The van der Waals surface area contributed by atoms with Crippen molar-refractivity contribution in [3.8, 4) is 22.5 Å². The van der Waals surface area contributed by atoms with Gasteiger partial charge in [-0.25, -0.2) is 9.18 Å². The van der Waals surface area contributed by atoms with E-state index >= 15 is 0 Å². The zero-order chi connectivity index (χ0) is 18.0. The molecule has 0 unspecified atom stereocenters. The van der Waals surface area contributed by atoms with Crippen molar-refractivity contribution in [1.29, 1.82) is 0 Å². The number of aromatic nitrogens is 2. The summed E-state index contributed by atoms with van der Waals surface area (Å²) in [6.07, 6.45) is 0. The summed E-state index contributed by atoms with van der Waals surface area (Å²) >= 11 is 0. The van der Waals surface area contributed by atoms with Crippen LogP contribution in [-0.2, 0) is 6.54 Å². The summed E-state index contributed by atoms with van der Waals surface area (Å²) in [5.41, 5.74) is 3.39. The Morgan fingerprint density at radius 2 is 1.84 bits per heavy atom. The van der Waals surface area contributed by atoms with Crippen molar-refractivity contribution in [3.63, 3.8) is 0 Å². The molecule has 5 heteroatoms. The first kappa shape index (κ1) is 16.9. The number of carboxylic acid groups (broad SMARTS) is 1. The number of carboxylic acids is 1. The average molecular weight is 338 g/mol. The number of benzene rings is 2. The molecule has 0 aliphatic heterocycles. The van der Waals surface area contributed by atoms with Crippen LogP contribution in [0.15, 0.2) is 54.6 Å². The van der Waals surface area contributed by atoms with E-state index in [-0.39, 0.29) is 11.4 Å². The SMILES string of the molecule is CC(C)Cn1nc(-c2ccc(C(=O)O)cc2)cc1-c1cccc(F)c1. The lowest BCUT2D eigenvalue weighted by atomic mass is 10.1. The van der Waals surface area contributed by atoms with Crippen LogP contribution in [0.2, 0.25) is 0 Å². The zero-order valence-corrected chi connectivity index (χ0v) is 14.1. The van der Waals surface area contributed by atoms with Gasteiger partial charge >= 0.3 is 5.97 Å². The fraction of sp³-hybridized carbons (Fsp3) is 0.200. The molecule has 2 aromatic carbocycles. The van der Waals surface area contributed by atoms with E-state index in [1.165, 1.54) is 12.1 Å². The number of rotatable bonds is 5. The molecule has 0 fully saturated rings. The van der Waals surface area contributed by atoms with E-state index in [1.54, 1.807) is 30.3 Å². The standard InChI is InChI=1S/C20H19FN2O2/c1-13(2)12-23-19(16-4-3-5-17(21)10-16)11-18(22-23)14-6-8-15(9-7-14)20(24)25/h3-11,13H,12H2,1-2H3,(H,24,25). The molecule has 128 valence electrons. The van der Waals surface area contributed by atoms with Crippen molar-refractivity contribution in [2.45, 2.75) is 20.4 Å². The number of aromatic carboxylic acids is 1. The Morgan fingerprint density at radius 3 is 2.44 bits per heavy atom. The van der Waals surface area contributed by atoms with Crippen LogP contribution in [0.25, 0.3) is 22.5 Å². The topological polar surface area (TPSA) is 55.1 Å².